The summed E-state index contributed by atoms with van der Waals surface area (Å²) in [7, 11) is 0. The molecule has 0 unspecified atom stereocenters. The lowest BCUT2D eigenvalue weighted by Gasteiger charge is -2.03. The van der Waals surface area contributed by atoms with Crippen LogP contribution in [-0.2, 0) is 4.74 Å². The van der Waals surface area contributed by atoms with Gasteiger partial charge in [-0.2, -0.15) is 0 Å². The summed E-state index contributed by atoms with van der Waals surface area (Å²) in [6.45, 7) is 1.95. The van der Waals surface area contributed by atoms with Gasteiger partial charge in [0.2, 0.25) is 0 Å². The van der Waals surface area contributed by atoms with Crippen molar-refractivity contribution in [3.8, 4) is 11.3 Å². The van der Waals surface area contributed by atoms with Crippen molar-refractivity contribution in [2.75, 3.05) is 0 Å². The van der Waals surface area contributed by atoms with Crippen LogP contribution >= 0.6 is 11.6 Å². The van der Waals surface area contributed by atoms with Crippen LogP contribution in [0.15, 0.2) is 46.9 Å². The highest BCUT2D eigenvalue weighted by Gasteiger charge is 2.24. The Kier molecular flexibility index (Phi) is 3.80. The lowest BCUT2D eigenvalue weighted by Crippen LogP contribution is -2.18. The second kappa shape index (κ2) is 5.78. The molecule has 2 N–H and O–H groups in total. The van der Waals surface area contributed by atoms with E-state index in [-0.39, 0.29) is 5.56 Å². The monoisotopic (exact) mass is 329 g/mol. The SMILES string of the molecule is Cc1ccc(-c2oc3ccc(Cl)cc3c2C(=O)OC(N)=O)cc1. The van der Waals surface area contributed by atoms with Gasteiger partial charge in [-0.05, 0) is 25.1 Å². The molecule has 0 radical (unpaired) electrons. The number of ether oxygens (including phenoxy) is 1. The second-order valence-electron chi connectivity index (χ2n) is 5.02. The van der Waals surface area contributed by atoms with Crippen molar-refractivity contribution in [1.82, 2.24) is 0 Å². The van der Waals surface area contributed by atoms with E-state index >= 15 is 0 Å². The van der Waals surface area contributed by atoms with Gasteiger partial charge in [-0.25, -0.2) is 9.59 Å². The summed E-state index contributed by atoms with van der Waals surface area (Å²) in [6, 6.07) is 12.3. The van der Waals surface area contributed by atoms with Crippen LogP contribution in [0.4, 0.5) is 4.79 Å². The van der Waals surface area contributed by atoms with Gasteiger partial charge in [0, 0.05) is 16.0 Å². The fourth-order valence-electron chi connectivity index (χ4n) is 2.32. The fourth-order valence-corrected chi connectivity index (χ4v) is 2.50. The quantitative estimate of drug-likeness (QED) is 0.561. The van der Waals surface area contributed by atoms with Crippen LogP contribution in [0.2, 0.25) is 5.02 Å². The van der Waals surface area contributed by atoms with E-state index in [1.165, 1.54) is 0 Å². The average Bonchev–Trinajstić information content (AvgIpc) is 2.85. The molecule has 1 aromatic heterocycles. The van der Waals surface area contributed by atoms with Crippen LogP contribution in [0.1, 0.15) is 15.9 Å². The molecule has 0 aliphatic carbocycles. The van der Waals surface area contributed by atoms with Gasteiger partial charge in [-0.15, -0.1) is 0 Å². The molecule has 3 aromatic rings. The topological polar surface area (TPSA) is 82.5 Å². The van der Waals surface area contributed by atoms with Gasteiger partial charge in [0.15, 0.2) is 0 Å². The number of furan rings is 1. The molecule has 3 rings (SSSR count). The van der Waals surface area contributed by atoms with Crippen LogP contribution in [0, 0.1) is 6.92 Å². The molecule has 116 valence electrons. The number of amides is 1. The molecule has 0 aliphatic rings. The average molecular weight is 330 g/mol. The number of halogens is 1. The standard InChI is InChI=1S/C17H12ClNO4/c1-9-2-4-10(5-3-9)15-14(16(20)23-17(19)21)12-8-11(18)6-7-13(12)22-15/h2-8H,1H3,(H2,19,21). The third-order valence-electron chi connectivity index (χ3n) is 3.36. The summed E-state index contributed by atoms with van der Waals surface area (Å²) in [5.74, 6) is -0.581. The highest BCUT2D eigenvalue weighted by Crippen LogP contribution is 2.35. The van der Waals surface area contributed by atoms with Crippen molar-refractivity contribution >= 4 is 34.6 Å². The largest absolute Gasteiger partial charge is 0.455 e. The van der Waals surface area contributed by atoms with Gasteiger partial charge < -0.3 is 14.9 Å². The van der Waals surface area contributed by atoms with Crippen LogP contribution in [0.5, 0.6) is 0 Å². The van der Waals surface area contributed by atoms with Crippen LogP contribution in [-0.4, -0.2) is 12.1 Å². The van der Waals surface area contributed by atoms with Gasteiger partial charge in [0.05, 0.1) is 0 Å². The number of carbonyl (C=O) groups excluding carboxylic acids is 2. The lowest BCUT2D eigenvalue weighted by molar-refractivity contribution is 0.0640. The molecule has 6 heteroatoms. The third kappa shape index (κ3) is 2.91. The lowest BCUT2D eigenvalue weighted by atomic mass is 10.0. The first-order chi connectivity index (χ1) is 11.0. The smallest absolute Gasteiger partial charge is 0.412 e. The Bertz CT molecular complexity index is 912. The number of primary amides is 1. The molecule has 0 saturated heterocycles. The minimum Gasteiger partial charge on any atom is -0.455 e. The summed E-state index contributed by atoms with van der Waals surface area (Å²) >= 11 is 5.99. The number of esters is 1. The fraction of sp³-hybridized carbons (Fsp3) is 0.0588. The third-order valence-corrected chi connectivity index (χ3v) is 3.60. The Balaban J connectivity index is 2.25. The second-order valence-corrected chi connectivity index (χ2v) is 5.46. The van der Waals surface area contributed by atoms with E-state index in [1.807, 2.05) is 31.2 Å². The van der Waals surface area contributed by atoms with E-state index < -0.39 is 12.1 Å². The van der Waals surface area contributed by atoms with E-state index in [0.29, 0.717) is 27.3 Å². The van der Waals surface area contributed by atoms with Crippen molar-refractivity contribution in [3.63, 3.8) is 0 Å². The van der Waals surface area contributed by atoms with Crippen LogP contribution in [0.3, 0.4) is 0 Å². The number of nitrogens with two attached hydrogens (primary N) is 1. The van der Waals surface area contributed by atoms with Gasteiger partial charge in [-0.3, -0.25) is 0 Å². The molecule has 0 atom stereocenters. The molecule has 23 heavy (non-hydrogen) atoms. The van der Waals surface area contributed by atoms with Gasteiger partial charge in [0.1, 0.15) is 16.9 Å². The number of hydrogen-bond acceptors (Lipinski definition) is 4. The molecular weight excluding hydrogens is 318 g/mol. The van der Waals surface area contributed by atoms with Crippen molar-refractivity contribution in [2.24, 2.45) is 5.73 Å². The Labute approximate surface area is 136 Å². The van der Waals surface area contributed by atoms with Gasteiger partial charge in [0.25, 0.3) is 0 Å². The first-order valence-corrected chi connectivity index (χ1v) is 7.14. The van der Waals surface area contributed by atoms with Gasteiger partial charge >= 0.3 is 12.1 Å². The zero-order chi connectivity index (χ0) is 16.6. The summed E-state index contributed by atoms with van der Waals surface area (Å²) in [6.07, 6.45) is -1.18. The highest BCUT2D eigenvalue weighted by molar-refractivity contribution is 6.31. The molecule has 2 aromatic carbocycles. The molecule has 0 fully saturated rings. The van der Waals surface area contributed by atoms with Crippen LogP contribution in [0.25, 0.3) is 22.3 Å². The van der Waals surface area contributed by atoms with Crippen LogP contribution < -0.4 is 5.73 Å². The van der Waals surface area contributed by atoms with Crippen molar-refractivity contribution in [1.29, 1.82) is 0 Å². The van der Waals surface area contributed by atoms with Crippen molar-refractivity contribution in [3.05, 3.63) is 58.6 Å². The van der Waals surface area contributed by atoms with Crippen molar-refractivity contribution in [2.45, 2.75) is 6.92 Å². The minimum absolute atomic E-state index is 0.116. The predicted octanol–water partition coefficient (Wildman–Crippen LogP) is 4.30. The maximum absolute atomic E-state index is 12.3. The molecule has 0 saturated carbocycles. The maximum Gasteiger partial charge on any atom is 0.412 e. The van der Waals surface area contributed by atoms with Gasteiger partial charge in [-0.1, -0.05) is 41.4 Å². The Morgan fingerprint density at radius 1 is 1.13 bits per heavy atom. The molecule has 0 spiro atoms. The number of rotatable bonds is 2. The first kappa shape index (κ1) is 15.1. The molecule has 5 nitrogen and oxygen atoms in total. The number of carbonyl (C=O) groups is 2. The maximum atomic E-state index is 12.3. The molecule has 0 aliphatic heterocycles. The first-order valence-electron chi connectivity index (χ1n) is 6.76. The number of hydrogen-bond donors (Lipinski definition) is 1. The number of benzene rings is 2. The highest BCUT2D eigenvalue weighted by atomic mass is 35.5. The van der Waals surface area contributed by atoms with E-state index in [0.717, 1.165) is 5.56 Å². The Hall–Kier alpha value is -2.79. The molecular formula is C17H12ClNO4. The summed E-state index contributed by atoms with van der Waals surface area (Å²) < 4.78 is 10.3. The Morgan fingerprint density at radius 2 is 1.83 bits per heavy atom. The van der Waals surface area contributed by atoms with Crippen molar-refractivity contribution < 1.29 is 18.7 Å². The van der Waals surface area contributed by atoms with E-state index in [2.05, 4.69) is 4.74 Å². The normalized spacial score (nSPS) is 10.7. The van der Waals surface area contributed by atoms with E-state index in [1.54, 1.807) is 18.2 Å². The number of fused-ring (bicyclic) bond motifs is 1. The minimum atomic E-state index is -1.18. The summed E-state index contributed by atoms with van der Waals surface area (Å²) in [4.78, 5) is 23.2. The zero-order valence-corrected chi connectivity index (χ0v) is 12.9. The van der Waals surface area contributed by atoms with E-state index in [9.17, 15) is 9.59 Å². The zero-order valence-electron chi connectivity index (χ0n) is 12.1. The summed E-state index contributed by atoms with van der Waals surface area (Å²) in [5, 5.41) is 0.890. The molecule has 0 bridgehead atoms. The molecule has 1 amide bonds. The number of aryl methyl sites for hydroxylation is 1. The van der Waals surface area contributed by atoms with E-state index in [4.69, 9.17) is 21.8 Å². The Morgan fingerprint density at radius 3 is 2.48 bits per heavy atom. The predicted molar refractivity (Wildman–Crippen MR) is 86.4 cm³/mol. The molecule has 1 heterocycles. The summed E-state index contributed by atoms with van der Waals surface area (Å²) in [5.41, 5.74) is 7.26.